The fraction of sp³-hybridized carbons (Fsp3) is 0.833. The molecule has 0 rings (SSSR count). The van der Waals surface area contributed by atoms with E-state index in [0.717, 1.165) is 0 Å². The minimum Gasteiger partial charge on any atom is -0.467 e. The maximum atomic E-state index is 11.6. The molecule has 0 aliphatic carbocycles. The number of rotatable bonds is 7. The predicted molar refractivity (Wildman–Crippen MR) is 73.0 cm³/mol. The number of carbonyl (C=O) groups is 2. The van der Waals surface area contributed by atoms with Gasteiger partial charge in [0.15, 0.2) is 0 Å². The number of esters is 1. The maximum absolute atomic E-state index is 11.6. The molecule has 0 spiro atoms. The van der Waals surface area contributed by atoms with Gasteiger partial charge in [-0.05, 0) is 39.1 Å². The Balaban J connectivity index is 4.31. The Bertz CT molecular complexity index is 372. The van der Waals surface area contributed by atoms with Crippen LogP contribution in [0.15, 0.2) is 5.11 Å². The second-order valence-electron chi connectivity index (χ2n) is 5.17. The third-order valence-corrected chi connectivity index (χ3v) is 2.24. The van der Waals surface area contributed by atoms with Gasteiger partial charge in [0, 0.05) is 11.5 Å². The summed E-state index contributed by atoms with van der Waals surface area (Å²) in [5.74, 6) is -0.528. The summed E-state index contributed by atoms with van der Waals surface area (Å²) >= 11 is 0. The zero-order valence-corrected chi connectivity index (χ0v) is 12.4. The number of hydrogen-bond donors (Lipinski definition) is 1. The summed E-state index contributed by atoms with van der Waals surface area (Å²) in [5, 5.41) is 5.87. The molecule has 1 unspecified atom stereocenters. The van der Waals surface area contributed by atoms with E-state index in [1.165, 1.54) is 7.11 Å². The van der Waals surface area contributed by atoms with Crippen LogP contribution in [-0.4, -0.2) is 37.4 Å². The molecule has 0 aromatic carbocycles. The van der Waals surface area contributed by atoms with E-state index in [2.05, 4.69) is 20.1 Å². The van der Waals surface area contributed by atoms with Gasteiger partial charge in [-0.3, -0.25) is 0 Å². The van der Waals surface area contributed by atoms with E-state index in [4.69, 9.17) is 10.3 Å². The number of unbranched alkanes of at least 4 members (excludes halogenated alkanes) is 1. The normalized spacial score (nSPS) is 12.0. The summed E-state index contributed by atoms with van der Waals surface area (Å²) in [6.45, 7) is 5.57. The molecule has 0 aromatic heterocycles. The average Bonchev–Trinajstić information content (AvgIpc) is 2.34. The van der Waals surface area contributed by atoms with Crippen molar-refractivity contribution in [2.75, 3.05) is 13.7 Å². The first kappa shape index (κ1) is 18.0. The fourth-order valence-electron chi connectivity index (χ4n) is 1.42. The summed E-state index contributed by atoms with van der Waals surface area (Å²) in [7, 11) is 1.26. The van der Waals surface area contributed by atoms with Gasteiger partial charge in [-0.25, -0.2) is 9.59 Å². The quantitative estimate of drug-likeness (QED) is 0.254. The van der Waals surface area contributed by atoms with Crippen LogP contribution in [0.4, 0.5) is 4.79 Å². The molecule has 0 saturated heterocycles. The van der Waals surface area contributed by atoms with Crippen molar-refractivity contribution in [3.63, 3.8) is 0 Å². The van der Waals surface area contributed by atoms with Gasteiger partial charge >= 0.3 is 12.1 Å². The Morgan fingerprint density at radius 3 is 2.50 bits per heavy atom. The molecule has 8 nitrogen and oxygen atoms in total. The highest BCUT2D eigenvalue weighted by Gasteiger charge is 2.24. The van der Waals surface area contributed by atoms with Gasteiger partial charge in [0.1, 0.15) is 11.6 Å². The van der Waals surface area contributed by atoms with Crippen molar-refractivity contribution in [2.45, 2.75) is 51.7 Å². The summed E-state index contributed by atoms with van der Waals surface area (Å²) in [5.41, 5.74) is 7.51. The first-order valence-electron chi connectivity index (χ1n) is 6.38. The summed E-state index contributed by atoms with van der Waals surface area (Å²) in [6.07, 6.45) is 0.984. The Labute approximate surface area is 118 Å². The third kappa shape index (κ3) is 9.04. The number of alkyl carbamates (subject to hydrolysis) is 1. The summed E-state index contributed by atoms with van der Waals surface area (Å²) < 4.78 is 9.71. The van der Waals surface area contributed by atoms with Crippen LogP contribution < -0.4 is 5.32 Å². The maximum Gasteiger partial charge on any atom is 0.408 e. The first-order valence-corrected chi connectivity index (χ1v) is 6.38. The molecule has 114 valence electrons. The van der Waals surface area contributed by atoms with Gasteiger partial charge < -0.3 is 14.8 Å². The second kappa shape index (κ2) is 9.03. The molecule has 0 radical (unpaired) electrons. The number of methoxy groups -OCH3 is 1. The van der Waals surface area contributed by atoms with Crippen LogP contribution in [0.1, 0.15) is 40.0 Å². The number of nitrogens with one attached hydrogen (secondary N) is 1. The molecule has 1 amide bonds. The van der Waals surface area contributed by atoms with Crippen molar-refractivity contribution in [2.24, 2.45) is 5.11 Å². The zero-order valence-electron chi connectivity index (χ0n) is 12.4. The van der Waals surface area contributed by atoms with Gasteiger partial charge in [-0.1, -0.05) is 11.5 Å². The molecule has 0 aromatic rings. The highest BCUT2D eigenvalue weighted by Crippen LogP contribution is 2.09. The topological polar surface area (TPSA) is 113 Å². The van der Waals surface area contributed by atoms with Gasteiger partial charge in [0.25, 0.3) is 0 Å². The molecule has 0 heterocycles. The Hall–Kier alpha value is -1.95. The van der Waals surface area contributed by atoms with Gasteiger partial charge in [0.2, 0.25) is 0 Å². The summed E-state index contributed by atoms with van der Waals surface area (Å²) in [6, 6.07) is -0.763. The molecular formula is C12H22N4O4. The van der Waals surface area contributed by atoms with Crippen LogP contribution in [0, 0.1) is 0 Å². The standard InChI is InChI=1S/C12H22N4O4/c1-12(2,3)20-11(18)15-9(10(17)19-4)7-5-6-8-14-16-13/h9H,5-8H2,1-4H3,(H,15,18). The van der Waals surface area contributed by atoms with E-state index >= 15 is 0 Å². The predicted octanol–water partition coefficient (Wildman–Crippen LogP) is 2.53. The molecule has 0 saturated carbocycles. The number of amides is 1. The summed E-state index contributed by atoms with van der Waals surface area (Å²) in [4.78, 5) is 25.8. The van der Waals surface area contributed by atoms with Crippen molar-refractivity contribution >= 4 is 12.1 Å². The molecule has 1 atom stereocenters. The van der Waals surface area contributed by atoms with Crippen LogP contribution in [0.2, 0.25) is 0 Å². The van der Waals surface area contributed by atoms with Crippen LogP contribution in [0.5, 0.6) is 0 Å². The molecule has 0 bridgehead atoms. The minimum atomic E-state index is -0.763. The highest BCUT2D eigenvalue weighted by atomic mass is 16.6. The number of azide groups is 1. The van der Waals surface area contributed by atoms with Crippen LogP contribution in [-0.2, 0) is 14.3 Å². The van der Waals surface area contributed by atoms with E-state index in [9.17, 15) is 9.59 Å². The van der Waals surface area contributed by atoms with Crippen molar-refractivity contribution in [3.05, 3.63) is 10.4 Å². The monoisotopic (exact) mass is 286 g/mol. The van der Waals surface area contributed by atoms with E-state index in [1.807, 2.05) is 0 Å². The number of hydrogen-bond acceptors (Lipinski definition) is 5. The second-order valence-corrected chi connectivity index (χ2v) is 5.17. The molecule has 0 fully saturated rings. The van der Waals surface area contributed by atoms with E-state index in [1.54, 1.807) is 20.8 Å². The zero-order chi connectivity index (χ0) is 15.6. The SMILES string of the molecule is COC(=O)C(CCCCN=[N+]=[N-])NC(=O)OC(C)(C)C. The van der Waals surface area contributed by atoms with Crippen molar-refractivity contribution in [1.82, 2.24) is 5.32 Å². The molecule has 20 heavy (non-hydrogen) atoms. The van der Waals surface area contributed by atoms with Crippen molar-refractivity contribution in [3.8, 4) is 0 Å². The molecule has 0 aliphatic heterocycles. The van der Waals surface area contributed by atoms with Crippen LogP contribution >= 0.6 is 0 Å². The van der Waals surface area contributed by atoms with Crippen LogP contribution in [0.25, 0.3) is 10.4 Å². The smallest absolute Gasteiger partial charge is 0.408 e. The van der Waals surface area contributed by atoms with Gasteiger partial charge in [0.05, 0.1) is 7.11 Å². The average molecular weight is 286 g/mol. The van der Waals surface area contributed by atoms with Gasteiger partial charge in [-0.15, -0.1) is 0 Å². The van der Waals surface area contributed by atoms with E-state index < -0.39 is 23.7 Å². The lowest BCUT2D eigenvalue weighted by atomic mass is 10.1. The number of carbonyl (C=O) groups excluding carboxylic acids is 2. The van der Waals surface area contributed by atoms with Gasteiger partial charge in [-0.2, -0.15) is 0 Å². The highest BCUT2D eigenvalue weighted by molar-refractivity contribution is 5.81. The number of nitrogens with zero attached hydrogens (tertiary/aromatic N) is 3. The Kier molecular flexibility index (Phi) is 8.15. The molecule has 1 N–H and O–H groups in total. The third-order valence-electron chi connectivity index (χ3n) is 2.24. The van der Waals surface area contributed by atoms with Crippen molar-refractivity contribution < 1.29 is 19.1 Å². The Morgan fingerprint density at radius 1 is 1.35 bits per heavy atom. The minimum absolute atomic E-state index is 0.358. The molecule has 0 aliphatic rings. The molecule has 8 heteroatoms. The lowest BCUT2D eigenvalue weighted by Gasteiger charge is -2.22. The fourth-order valence-corrected chi connectivity index (χ4v) is 1.42. The van der Waals surface area contributed by atoms with Crippen molar-refractivity contribution in [1.29, 1.82) is 0 Å². The number of ether oxygens (including phenoxy) is 2. The Morgan fingerprint density at radius 2 is 2.00 bits per heavy atom. The largest absolute Gasteiger partial charge is 0.467 e. The van der Waals surface area contributed by atoms with E-state index in [0.29, 0.717) is 25.8 Å². The van der Waals surface area contributed by atoms with Crippen LogP contribution in [0.3, 0.4) is 0 Å². The lowest BCUT2D eigenvalue weighted by Crippen LogP contribution is -2.44. The molecular weight excluding hydrogens is 264 g/mol. The first-order chi connectivity index (χ1) is 9.30. The lowest BCUT2D eigenvalue weighted by molar-refractivity contribution is -0.143. The van der Waals surface area contributed by atoms with E-state index in [-0.39, 0.29) is 0 Å².